The number of hydrogen-bond donors (Lipinski definition) is 2. The molecule has 0 heterocycles. The number of nitrogens with one attached hydrogen (secondary N) is 2. The van der Waals surface area contributed by atoms with Gasteiger partial charge in [0.1, 0.15) is 5.82 Å². The number of amides is 1. The molecule has 1 rings (SSSR count). The molecule has 1 aromatic carbocycles. The minimum atomic E-state index is -0.271. The highest BCUT2D eigenvalue weighted by molar-refractivity contribution is 9.10. The molecule has 1 atom stereocenters. The zero-order valence-corrected chi connectivity index (χ0v) is 12.2. The Labute approximate surface area is 115 Å². The molecule has 0 aromatic heterocycles. The van der Waals surface area contributed by atoms with Gasteiger partial charge in [-0.25, -0.2) is 4.39 Å². The molecular formula is C13H18BrFN2O. The van der Waals surface area contributed by atoms with Crippen LogP contribution in [0.3, 0.4) is 0 Å². The highest BCUT2D eigenvalue weighted by atomic mass is 79.9. The molecule has 2 N–H and O–H groups in total. The summed E-state index contributed by atoms with van der Waals surface area (Å²) in [5.41, 5.74) is 0.549. The summed E-state index contributed by atoms with van der Waals surface area (Å²) < 4.78 is 14.4. The predicted octanol–water partition coefficient (Wildman–Crippen LogP) is 2.77. The van der Waals surface area contributed by atoms with Crippen molar-refractivity contribution < 1.29 is 9.18 Å². The van der Waals surface area contributed by atoms with E-state index in [2.05, 4.69) is 26.6 Å². The summed E-state index contributed by atoms with van der Waals surface area (Å²) in [6.45, 7) is 4.68. The van der Waals surface area contributed by atoms with E-state index in [-0.39, 0.29) is 24.3 Å². The van der Waals surface area contributed by atoms with Gasteiger partial charge in [0.15, 0.2) is 0 Å². The summed E-state index contributed by atoms with van der Waals surface area (Å²) in [7, 11) is 0. The average molecular weight is 317 g/mol. The van der Waals surface area contributed by atoms with Crippen molar-refractivity contribution in [1.82, 2.24) is 10.6 Å². The second kappa shape index (κ2) is 7.48. The molecule has 0 aliphatic rings. The lowest BCUT2D eigenvalue weighted by molar-refractivity contribution is -0.120. The van der Waals surface area contributed by atoms with Crippen LogP contribution < -0.4 is 10.6 Å². The van der Waals surface area contributed by atoms with Crippen molar-refractivity contribution in [3.63, 3.8) is 0 Å². The van der Waals surface area contributed by atoms with Crippen molar-refractivity contribution >= 4 is 21.8 Å². The highest BCUT2D eigenvalue weighted by Gasteiger charge is 2.12. The molecule has 0 saturated carbocycles. The maximum atomic E-state index is 13.6. The Kier molecular flexibility index (Phi) is 6.29. The molecule has 1 amide bonds. The Bertz CT molecular complexity index is 412. The number of carbonyl (C=O) groups is 1. The van der Waals surface area contributed by atoms with Crippen LogP contribution in [-0.2, 0) is 4.79 Å². The van der Waals surface area contributed by atoms with Gasteiger partial charge in [0.05, 0.1) is 6.54 Å². The third-order valence-electron chi connectivity index (χ3n) is 2.57. The van der Waals surface area contributed by atoms with Crippen molar-refractivity contribution in [1.29, 1.82) is 0 Å². The molecular weight excluding hydrogens is 299 g/mol. The minimum Gasteiger partial charge on any atom is -0.355 e. The zero-order valence-electron chi connectivity index (χ0n) is 10.6. The van der Waals surface area contributed by atoms with Crippen molar-refractivity contribution in [3.05, 3.63) is 34.1 Å². The van der Waals surface area contributed by atoms with Crippen LogP contribution in [0.25, 0.3) is 0 Å². The van der Waals surface area contributed by atoms with E-state index >= 15 is 0 Å². The smallest absolute Gasteiger partial charge is 0.233 e. The van der Waals surface area contributed by atoms with E-state index in [0.29, 0.717) is 12.1 Å². The van der Waals surface area contributed by atoms with Crippen molar-refractivity contribution in [2.24, 2.45) is 0 Å². The molecule has 0 fully saturated rings. The van der Waals surface area contributed by atoms with Crippen LogP contribution in [0.5, 0.6) is 0 Å². The topological polar surface area (TPSA) is 41.1 Å². The van der Waals surface area contributed by atoms with E-state index in [1.807, 2.05) is 13.8 Å². The first-order valence-corrected chi connectivity index (χ1v) is 6.79. The maximum Gasteiger partial charge on any atom is 0.233 e. The van der Waals surface area contributed by atoms with Crippen molar-refractivity contribution in [3.8, 4) is 0 Å². The van der Waals surface area contributed by atoms with E-state index in [4.69, 9.17) is 0 Å². The third-order valence-corrected chi connectivity index (χ3v) is 3.06. The lowest BCUT2D eigenvalue weighted by Gasteiger charge is -2.15. The lowest BCUT2D eigenvalue weighted by Crippen LogP contribution is -2.35. The van der Waals surface area contributed by atoms with Gasteiger partial charge in [0.25, 0.3) is 0 Å². The van der Waals surface area contributed by atoms with Gasteiger partial charge in [0.2, 0.25) is 5.91 Å². The van der Waals surface area contributed by atoms with Gasteiger partial charge in [0, 0.05) is 22.6 Å². The summed E-state index contributed by atoms with van der Waals surface area (Å²) >= 11 is 3.31. The van der Waals surface area contributed by atoms with E-state index < -0.39 is 0 Å². The summed E-state index contributed by atoms with van der Waals surface area (Å²) in [6, 6.07) is 4.57. The lowest BCUT2D eigenvalue weighted by atomic mass is 10.1. The van der Waals surface area contributed by atoms with Gasteiger partial charge < -0.3 is 10.6 Å². The fraction of sp³-hybridized carbons (Fsp3) is 0.462. The summed E-state index contributed by atoms with van der Waals surface area (Å²) in [5.74, 6) is -0.341. The van der Waals surface area contributed by atoms with Gasteiger partial charge in [-0.2, -0.15) is 0 Å². The maximum absolute atomic E-state index is 13.6. The molecule has 0 unspecified atom stereocenters. The molecule has 0 aliphatic heterocycles. The Morgan fingerprint density at radius 3 is 2.89 bits per heavy atom. The van der Waals surface area contributed by atoms with E-state index in [1.165, 1.54) is 6.07 Å². The first-order chi connectivity index (χ1) is 8.54. The van der Waals surface area contributed by atoms with Crippen LogP contribution in [0.15, 0.2) is 22.7 Å². The Morgan fingerprint density at radius 2 is 2.22 bits per heavy atom. The average Bonchev–Trinajstić information content (AvgIpc) is 2.36. The first kappa shape index (κ1) is 15.1. The molecule has 0 saturated heterocycles. The normalized spacial score (nSPS) is 12.2. The van der Waals surface area contributed by atoms with Crippen LogP contribution in [-0.4, -0.2) is 19.0 Å². The molecule has 1 aromatic rings. The fourth-order valence-corrected chi connectivity index (χ4v) is 1.91. The van der Waals surface area contributed by atoms with Crippen molar-refractivity contribution in [2.45, 2.75) is 26.3 Å². The zero-order chi connectivity index (χ0) is 13.5. The van der Waals surface area contributed by atoms with Crippen LogP contribution >= 0.6 is 15.9 Å². The number of benzene rings is 1. The van der Waals surface area contributed by atoms with Gasteiger partial charge in [-0.15, -0.1) is 0 Å². The standard InChI is InChI=1S/C13H18BrFN2O/c1-3-6-16-13(18)8-17-9(2)11-7-10(14)4-5-12(11)15/h4-5,7,9,17H,3,6,8H2,1-2H3,(H,16,18)/t9-/m1/s1. The molecule has 0 radical (unpaired) electrons. The van der Waals surface area contributed by atoms with Gasteiger partial charge >= 0.3 is 0 Å². The largest absolute Gasteiger partial charge is 0.355 e. The summed E-state index contributed by atoms with van der Waals surface area (Å²) in [4.78, 5) is 11.4. The molecule has 0 bridgehead atoms. The molecule has 0 aliphatic carbocycles. The van der Waals surface area contributed by atoms with Gasteiger partial charge in [-0.05, 0) is 31.5 Å². The Balaban J connectivity index is 2.52. The quantitative estimate of drug-likeness (QED) is 0.847. The summed E-state index contributed by atoms with van der Waals surface area (Å²) in [5, 5.41) is 5.76. The summed E-state index contributed by atoms with van der Waals surface area (Å²) in [6.07, 6.45) is 0.904. The second-order valence-corrected chi connectivity index (χ2v) is 5.03. The molecule has 0 spiro atoms. The third kappa shape index (κ3) is 4.74. The highest BCUT2D eigenvalue weighted by Crippen LogP contribution is 2.21. The molecule has 18 heavy (non-hydrogen) atoms. The van der Waals surface area contributed by atoms with Crippen LogP contribution in [0.1, 0.15) is 31.9 Å². The minimum absolute atomic E-state index is 0.0703. The number of carbonyl (C=O) groups excluding carboxylic acids is 1. The second-order valence-electron chi connectivity index (χ2n) is 4.12. The van der Waals surface area contributed by atoms with E-state index in [9.17, 15) is 9.18 Å². The number of rotatable bonds is 6. The molecule has 100 valence electrons. The van der Waals surface area contributed by atoms with Gasteiger partial charge in [-0.3, -0.25) is 4.79 Å². The number of halogens is 2. The van der Waals surface area contributed by atoms with Crippen molar-refractivity contribution in [2.75, 3.05) is 13.1 Å². The molecule has 5 heteroatoms. The predicted molar refractivity (Wildman–Crippen MR) is 73.8 cm³/mol. The SMILES string of the molecule is CCCNC(=O)CN[C@H](C)c1cc(Br)ccc1F. The van der Waals surface area contributed by atoms with Crippen LogP contribution in [0.4, 0.5) is 4.39 Å². The van der Waals surface area contributed by atoms with E-state index in [0.717, 1.165) is 10.9 Å². The Hall–Kier alpha value is -0.940. The first-order valence-electron chi connectivity index (χ1n) is 5.99. The van der Waals surface area contributed by atoms with Crippen LogP contribution in [0.2, 0.25) is 0 Å². The van der Waals surface area contributed by atoms with E-state index in [1.54, 1.807) is 12.1 Å². The van der Waals surface area contributed by atoms with Gasteiger partial charge in [-0.1, -0.05) is 22.9 Å². The molecule has 3 nitrogen and oxygen atoms in total. The number of hydrogen-bond acceptors (Lipinski definition) is 2. The van der Waals surface area contributed by atoms with Crippen LogP contribution in [0, 0.1) is 5.82 Å². The fourth-order valence-electron chi connectivity index (χ4n) is 1.53. The monoisotopic (exact) mass is 316 g/mol. The Morgan fingerprint density at radius 1 is 1.50 bits per heavy atom.